The highest BCUT2D eigenvalue weighted by molar-refractivity contribution is 6.69. The summed E-state index contributed by atoms with van der Waals surface area (Å²) in [4.78, 5) is 0. The summed E-state index contributed by atoms with van der Waals surface area (Å²) in [5.74, 6) is 0.845. The summed E-state index contributed by atoms with van der Waals surface area (Å²) in [7, 11) is -1.77. The van der Waals surface area contributed by atoms with Gasteiger partial charge in [-0.2, -0.15) is 5.26 Å². The van der Waals surface area contributed by atoms with Crippen molar-refractivity contribution in [1.29, 1.82) is 5.26 Å². The minimum atomic E-state index is -1.77. The van der Waals surface area contributed by atoms with Crippen LogP contribution in [0, 0.1) is 11.3 Å². The molecule has 1 unspecified atom stereocenters. The lowest BCUT2D eigenvalue weighted by Crippen LogP contribution is -2.28. The highest BCUT2D eigenvalue weighted by Crippen LogP contribution is 2.41. The maximum atomic E-state index is 9.40. The molecule has 19 heavy (non-hydrogen) atoms. The van der Waals surface area contributed by atoms with Crippen LogP contribution in [0.25, 0.3) is 0 Å². The monoisotopic (exact) mass is 275 g/mol. The molecule has 0 aromatic heterocycles. The molecule has 1 aromatic rings. The lowest BCUT2D eigenvalue weighted by molar-refractivity contribution is 0.133. The molecule has 1 atom stereocenters. The number of para-hydroxylation sites is 1. The number of hydrogen-bond donors (Lipinski definition) is 0. The van der Waals surface area contributed by atoms with Crippen LogP contribution < -0.4 is 4.74 Å². The van der Waals surface area contributed by atoms with E-state index in [-0.39, 0.29) is 5.60 Å². The standard InChI is InChI=1S/C15H21NO2Si/c1-15(2)9-11-7-6-8-12(14(11)17-15)13(10-16)18-19(3,4)5/h6-8,13H,9H2,1-5H3. The van der Waals surface area contributed by atoms with Gasteiger partial charge in [0, 0.05) is 12.0 Å². The van der Waals surface area contributed by atoms with Crippen LogP contribution in [-0.4, -0.2) is 13.9 Å². The Morgan fingerprint density at radius 2 is 2.05 bits per heavy atom. The molecular formula is C15H21NO2Si. The fourth-order valence-corrected chi connectivity index (χ4v) is 3.25. The van der Waals surface area contributed by atoms with Gasteiger partial charge in [0.2, 0.25) is 0 Å². The van der Waals surface area contributed by atoms with Crippen molar-refractivity contribution in [2.24, 2.45) is 0 Å². The van der Waals surface area contributed by atoms with Crippen LogP contribution in [-0.2, 0) is 10.8 Å². The zero-order valence-corrected chi connectivity index (χ0v) is 13.3. The van der Waals surface area contributed by atoms with E-state index in [1.165, 1.54) is 5.56 Å². The fraction of sp³-hybridized carbons (Fsp3) is 0.533. The Hall–Kier alpha value is -1.31. The van der Waals surface area contributed by atoms with E-state index in [4.69, 9.17) is 9.16 Å². The Morgan fingerprint density at radius 1 is 1.37 bits per heavy atom. The van der Waals surface area contributed by atoms with Gasteiger partial charge in [-0.1, -0.05) is 18.2 Å². The Balaban J connectivity index is 2.37. The summed E-state index contributed by atoms with van der Waals surface area (Å²) in [5.41, 5.74) is 1.84. The highest BCUT2D eigenvalue weighted by atomic mass is 28.4. The Kier molecular flexibility index (Phi) is 3.46. The lowest BCUT2D eigenvalue weighted by Gasteiger charge is -2.24. The minimum absolute atomic E-state index is 0.197. The van der Waals surface area contributed by atoms with Gasteiger partial charge in [-0.25, -0.2) is 0 Å². The first-order valence-corrected chi connectivity index (χ1v) is 10.0. The molecule has 0 bridgehead atoms. The molecule has 1 aliphatic rings. The van der Waals surface area contributed by atoms with Crippen molar-refractivity contribution in [2.45, 2.75) is 51.6 Å². The molecule has 2 rings (SSSR count). The van der Waals surface area contributed by atoms with Crippen molar-refractivity contribution in [3.8, 4) is 11.8 Å². The van der Waals surface area contributed by atoms with Crippen LogP contribution in [0.4, 0.5) is 0 Å². The third-order valence-electron chi connectivity index (χ3n) is 2.99. The molecule has 4 heteroatoms. The van der Waals surface area contributed by atoms with Crippen LogP contribution in [0.3, 0.4) is 0 Å². The minimum Gasteiger partial charge on any atom is -0.487 e. The number of benzene rings is 1. The first-order chi connectivity index (χ1) is 8.72. The molecule has 0 spiro atoms. The molecule has 0 radical (unpaired) electrons. The molecular weight excluding hydrogens is 254 g/mol. The van der Waals surface area contributed by atoms with Gasteiger partial charge in [-0.3, -0.25) is 0 Å². The number of rotatable bonds is 3. The number of nitriles is 1. The molecule has 0 amide bonds. The summed E-state index contributed by atoms with van der Waals surface area (Å²) >= 11 is 0. The second kappa shape index (κ2) is 4.66. The van der Waals surface area contributed by atoms with Crippen LogP contribution in [0.5, 0.6) is 5.75 Å². The van der Waals surface area contributed by atoms with Crippen molar-refractivity contribution in [3.05, 3.63) is 29.3 Å². The van der Waals surface area contributed by atoms with Crippen molar-refractivity contribution in [3.63, 3.8) is 0 Å². The Bertz CT molecular complexity index is 526. The topological polar surface area (TPSA) is 42.2 Å². The predicted octanol–water partition coefficient (Wildman–Crippen LogP) is 3.82. The molecule has 1 aliphatic heterocycles. The largest absolute Gasteiger partial charge is 0.487 e. The molecule has 0 fully saturated rings. The second-order valence-electron chi connectivity index (χ2n) is 6.61. The lowest BCUT2D eigenvalue weighted by atomic mass is 9.99. The van der Waals surface area contributed by atoms with Crippen molar-refractivity contribution < 1.29 is 9.16 Å². The van der Waals surface area contributed by atoms with Gasteiger partial charge >= 0.3 is 0 Å². The van der Waals surface area contributed by atoms with Gasteiger partial charge < -0.3 is 9.16 Å². The van der Waals surface area contributed by atoms with Gasteiger partial charge in [-0.05, 0) is 39.1 Å². The van der Waals surface area contributed by atoms with Crippen LogP contribution >= 0.6 is 0 Å². The summed E-state index contributed by atoms with van der Waals surface area (Å²) in [6.45, 7) is 10.4. The first kappa shape index (κ1) is 14.1. The summed E-state index contributed by atoms with van der Waals surface area (Å²) in [5, 5.41) is 9.40. The van der Waals surface area contributed by atoms with Crippen molar-refractivity contribution >= 4 is 8.32 Å². The number of fused-ring (bicyclic) bond motifs is 1. The zero-order valence-electron chi connectivity index (χ0n) is 12.3. The predicted molar refractivity (Wildman–Crippen MR) is 77.6 cm³/mol. The second-order valence-corrected chi connectivity index (χ2v) is 11.1. The third kappa shape index (κ3) is 3.17. The molecule has 0 saturated carbocycles. The van der Waals surface area contributed by atoms with E-state index in [1.54, 1.807) is 0 Å². The van der Waals surface area contributed by atoms with E-state index in [9.17, 15) is 5.26 Å². The number of ether oxygens (including phenoxy) is 1. The quantitative estimate of drug-likeness (QED) is 0.788. The van der Waals surface area contributed by atoms with E-state index < -0.39 is 14.4 Å². The van der Waals surface area contributed by atoms with Gasteiger partial charge in [0.15, 0.2) is 14.4 Å². The zero-order chi connectivity index (χ0) is 14.3. The van der Waals surface area contributed by atoms with E-state index in [0.717, 1.165) is 17.7 Å². The Morgan fingerprint density at radius 3 is 2.63 bits per heavy atom. The summed E-state index contributed by atoms with van der Waals surface area (Å²) in [6, 6.07) is 8.25. The van der Waals surface area contributed by atoms with Crippen molar-refractivity contribution in [1.82, 2.24) is 0 Å². The van der Waals surface area contributed by atoms with Gasteiger partial charge in [-0.15, -0.1) is 0 Å². The molecule has 1 aromatic carbocycles. The van der Waals surface area contributed by atoms with E-state index in [0.29, 0.717) is 0 Å². The summed E-state index contributed by atoms with van der Waals surface area (Å²) < 4.78 is 12.0. The van der Waals surface area contributed by atoms with Crippen LogP contribution in [0.1, 0.15) is 31.1 Å². The molecule has 102 valence electrons. The molecule has 3 nitrogen and oxygen atoms in total. The van der Waals surface area contributed by atoms with Gasteiger partial charge in [0.1, 0.15) is 11.4 Å². The molecule has 0 aliphatic carbocycles. The average Bonchev–Trinajstić information content (AvgIpc) is 2.58. The third-order valence-corrected chi connectivity index (χ3v) is 3.94. The van der Waals surface area contributed by atoms with Crippen LogP contribution in [0.15, 0.2) is 18.2 Å². The maximum Gasteiger partial charge on any atom is 0.186 e. The van der Waals surface area contributed by atoms with Crippen molar-refractivity contribution in [2.75, 3.05) is 0 Å². The van der Waals surface area contributed by atoms with E-state index >= 15 is 0 Å². The highest BCUT2D eigenvalue weighted by Gasteiger charge is 2.34. The average molecular weight is 275 g/mol. The first-order valence-electron chi connectivity index (χ1n) is 6.60. The summed E-state index contributed by atoms with van der Waals surface area (Å²) in [6.07, 6.45) is 0.344. The van der Waals surface area contributed by atoms with Gasteiger partial charge in [0.05, 0.1) is 6.07 Å². The van der Waals surface area contributed by atoms with E-state index in [1.807, 2.05) is 12.1 Å². The number of hydrogen-bond acceptors (Lipinski definition) is 3. The number of nitrogens with zero attached hydrogens (tertiary/aromatic N) is 1. The fourth-order valence-electron chi connectivity index (χ4n) is 2.36. The molecule has 1 heterocycles. The molecule has 0 saturated heterocycles. The Labute approximate surface area is 116 Å². The maximum absolute atomic E-state index is 9.40. The van der Waals surface area contributed by atoms with E-state index in [2.05, 4.69) is 45.6 Å². The smallest absolute Gasteiger partial charge is 0.186 e. The SMILES string of the molecule is CC1(C)Cc2cccc(C(C#N)O[Si](C)(C)C)c2O1. The van der Waals surface area contributed by atoms with Crippen LogP contribution in [0.2, 0.25) is 19.6 Å². The van der Waals surface area contributed by atoms with Gasteiger partial charge in [0.25, 0.3) is 0 Å². The normalized spacial score (nSPS) is 18.3. The molecule has 0 N–H and O–H groups in total.